The van der Waals surface area contributed by atoms with Crippen molar-refractivity contribution in [3.05, 3.63) is 17.7 Å². The molecule has 0 aliphatic heterocycles. The second kappa shape index (κ2) is 4.54. The van der Waals surface area contributed by atoms with Gasteiger partial charge in [-0.1, -0.05) is 6.07 Å². The summed E-state index contributed by atoms with van der Waals surface area (Å²) in [4.78, 5) is 10.3. The molecule has 0 spiro atoms. The van der Waals surface area contributed by atoms with Crippen molar-refractivity contribution < 1.29 is 20.1 Å². The summed E-state index contributed by atoms with van der Waals surface area (Å²) in [5, 5.41) is 27.1. The van der Waals surface area contributed by atoms with E-state index < -0.39 is 5.97 Å². The van der Waals surface area contributed by atoms with Crippen molar-refractivity contribution in [1.82, 2.24) is 0 Å². The third kappa shape index (κ3) is 2.77. The molecule has 1 aromatic rings. The molecule has 0 atom stereocenters. The number of anilines is 1. The average Bonchev–Trinajstić information content (AvgIpc) is 2.18. The van der Waals surface area contributed by atoms with E-state index >= 15 is 0 Å². The number of carboxylic acid groups (broad SMARTS) is 1. The van der Waals surface area contributed by atoms with Gasteiger partial charge in [0.2, 0.25) is 0 Å². The number of nitrogens with two attached hydrogens (primary N) is 1. The van der Waals surface area contributed by atoms with Gasteiger partial charge in [-0.25, -0.2) is 0 Å². The fourth-order valence-corrected chi connectivity index (χ4v) is 1.27. The molecule has 0 amide bonds. The van der Waals surface area contributed by atoms with Crippen molar-refractivity contribution in [1.29, 1.82) is 0 Å². The van der Waals surface area contributed by atoms with Gasteiger partial charge in [0, 0.05) is 6.42 Å². The van der Waals surface area contributed by atoms with Gasteiger partial charge in [0.15, 0.2) is 0 Å². The van der Waals surface area contributed by atoms with E-state index in [0.29, 0.717) is 18.4 Å². The van der Waals surface area contributed by atoms with Crippen LogP contribution in [-0.4, -0.2) is 21.3 Å². The number of aliphatic carboxylic acids is 1. The van der Waals surface area contributed by atoms with Crippen molar-refractivity contribution in [2.24, 2.45) is 0 Å². The minimum Gasteiger partial charge on any atom is -0.506 e. The van der Waals surface area contributed by atoms with Crippen LogP contribution in [0.3, 0.4) is 0 Å². The molecule has 15 heavy (non-hydrogen) atoms. The number of hydrogen-bond acceptors (Lipinski definition) is 4. The topological polar surface area (TPSA) is 104 Å². The minimum absolute atomic E-state index is 0.0419. The lowest BCUT2D eigenvalue weighted by molar-refractivity contribution is -0.137. The zero-order valence-corrected chi connectivity index (χ0v) is 8.10. The van der Waals surface area contributed by atoms with Crippen molar-refractivity contribution in [3.63, 3.8) is 0 Å². The van der Waals surface area contributed by atoms with Gasteiger partial charge in [-0.2, -0.15) is 0 Å². The third-order valence-electron chi connectivity index (χ3n) is 2.11. The normalized spacial score (nSPS) is 10.1. The number of benzene rings is 1. The largest absolute Gasteiger partial charge is 0.506 e. The first-order valence-electron chi connectivity index (χ1n) is 4.53. The smallest absolute Gasteiger partial charge is 0.303 e. The monoisotopic (exact) mass is 211 g/mol. The third-order valence-corrected chi connectivity index (χ3v) is 2.11. The van der Waals surface area contributed by atoms with E-state index in [0.717, 1.165) is 0 Å². The maximum atomic E-state index is 10.3. The highest BCUT2D eigenvalue weighted by Crippen LogP contribution is 2.33. The van der Waals surface area contributed by atoms with E-state index in [1.165, 1.54) is 12.1 Å². The molecule has 1 rings (SSSR count). The predicted octanol–water partition coefficient (Wildman–Crippen LogP) is 1.09. The van der Waals surface area contributed by atoms with Crippen LogP contribution in [0.5, 0.6) is 11.5 Å². The quantitative estimate of drug-likeness (QED) is 0.441. The van der Waals surface area contributed by atoms with Crippen molar-refractivity contribution in [3.8, 4) is 11.5 Å². The fraction of sp³-hybridized carbons (Fsp3) is 0.300. The molecular weight excluding hydrogens is 198 g/mol. The molecule has 0 bridgehead atoms. The van der Waals surface area contributed by atoms with E-state index in [1.807, 2.05) is 0 Å². The van der Waals surface area contributed by atoms with Gasteiger partial charge in [-0.15, -0.1) is 0 Å². The van der Waals surface area contributed by atoms with Gasteiger partial charge in [0.25, 0.3) is 0 Å². The van der Waals surface area contributed by atoms with Crippen molar-refractivity contribution in [2.45, 2.75) is 19.3 Å². The number of rotatable bonds is 4. The SMILES string of the molecule is Nc1c(O)ccc(CCCC(=O)O)c1O. The Kier molecular flexibility index (Phi) is 3.38. The maximum Gasteiger partial charge on any atom is 0.303 e. The average molecular weight is 211 g/mol. The lowest BCUT2D eigenvalue weighted by atomic mass is 10.1. The van der Waals surface area contributed by atoms with Gasteiger partial charge in [-0.3, -0.25) is 4.79 Å². The summed E-state index contributed by atoms with van der Waals surface area (Å²) in [6.45, 7) is 0. The second-order valence-corrected chi connectivity index (χ2v) is 3.25. The standard InChI is InChI=1S/C10H13NO4/c11-9-7(12)5-4-6(10(9)15)2-1-3-8(13)14/h4-5,12,15H,1-3,11H2,(H,13,14). The molecule has 0 aliphatic rings. The number of carbonyl (C=O) groups is 1. The highest BCUT2D eigenvalue weighted by molar-refractivity contribution is 5.67. The van der Waals surface area contributed by atoms with Gasteiger partial charge < -0.3 is 21.1 Å². The molecule has 0 aliphatic carbocycles. The molecule has 0 aromatic heterocycles. The number of carboxylic acids is 1. The number of hydrogen-bond donors (Lipinski definition) is 4. The van der Waals surface area contributed by atoms with Gasteiger partial charge in [0.05, 0.1) is 0 Å². The van der Waals surface area contributed by atoms with Crippen LogP contribution in [0.2, 0.25) is 0 Å². The Bertz CT molecular complexity index is 376. The summed E-state index contributed by atoms with van der Waals surface area (Å²) in [7, 11) is 0. The highest BCUT2D eigenvalue weighted by Gasteiger charge is 2.09. The summed E-state index contributed by atoms with van der Waals surface area (Å²) in [6.07, 6.45) is 0.885. The number of nitrogen functional groups attached to an aromatic ring is 1. The molecule has 0 saturated heterocycles. The number of phenols is 2. The Morgan fingerprint density at radius 3 is 2.60 bits per heavy atom. The Morgan fingerprint density at radius 2 is 2.00 bits per heavy atom. The summed E-state index contributed by atoms with van der Waals surface area (Å²) >= 11 is 0. The van der Waals surface area contributed by atoms with E-state index in [-0.39, 0.29) is 23.6 Å². The molecule has 0 saturated carbocycles. The lowest BCUT2D eigenvalue weighted by Crippen LogP contribution is -1.97. The molecule has 1 aromatic carbocycles. The molecule has 0 radical (unpaired) electrons. The molecule has 82 valence electrons. The fourth-order valence-electron chi connectivity index (χ4n) is 1.27. The Labute approximate surface area is 86.8 Å². The van der Waals surface area contributed by atoms with Crippen LogP contribution in [-0.2, 0) is 11.2 Å². The summed E-state index contributed by atoms with van der Waals surface area (Å²) in [5.41, 5.74) is 5.88. The van der Waals surface area contributed by atoms with Crippen molar-refractivity contribution in [2.75, 3.05) is 5.73 Å². The lowest BCUT2D eigenvalue weighted by Gasteiger charge is -2.07. The summed E-state index contributed by atoms with van der Waals surface area (Å²) < 4.78 is 0. The van der Waals surface area contributed by atoms with Crippen LogP contribution in [0.1, 0.15) is 18.4 Å². The Balaban J connectivity index is 2.70. The first kappa shape index (κ1) is 11.2. The summed E-state index contributed by atoms with van der Waals surface area (Å²) in [5.74, 6) is -1.21. The van der Waals surface area contributed by atoms with Crippen LogP contribution in [0.15, 0.2) is 12.1 Å². The molecule has 5 nitrogen and oxygen atoms in total. The van der Waals surface area contributed by atoms with Crippen LogP contribution in [0, 0.1) is 0 Å². The second-order valence-electron chi connectivity index (χ2n) is 3.25. The van der Waals surface area contributed by atoms with Crippen LogP contribution < -0.4 is 5.73 Å². The molecule has 0 unspecified atom stereocenters. The maximum absolute atomic E-state index is 10.3. The Hall–Kier alpha value is -1.91. The number of aromatic hydroxyl groups is 2. The number of aryl methyl sites for hydroxylation is 1. The van der Waals surface area contributed by atoms with Gasteiger partial charge in [-0.05, 0) is 24.5 Å². The van der Waals surface area contributed by atoms with Crippen molar-refractivity contribution >= 4 is 11.7 Å². The molecule has 0 heterocycles. The van der Waals surface area contributed by atoms with E-state index in [9.17, 15) is 9.90 Å². The predicted molar refractivity (Wildman–Crippen MR) is 54.8 cm³/mol. The van der Waals surface area contributed by atoms with E-state index in [1.54, 1.807) is 0 Å². The molecule has 5 heteroatoms. The van der Waals surface area contributed by atoms with Crippen LogP contribution >= 0.6 is 0 Å². The summed E-state index contributed by atoms with van der Waals surface area (Å²) in [6, 6.07) is 2.91. The highest BCUT2D eigenvalue weighted by atomic mass is 16.4. The minimum atomic E-state index is -0.874. The van der Waals surface area contributed by atoms with Crippen LogP contribution in [0.4, 0.5) is 5.69 Å². The number of phenolic OH excluding ortho intramolecular Hbond substituents is 2. The zero-order chi connectivity index (χ0) is 11.4. The molecule has 5 N–H and O–H groups in total. The van der Waals surface area contributed by atoms with Gasteiger partial charge in [0.1, 0.15) is 17.2 Å². The van der Waals surface area contributed by atoms with E-state index in [2.05, 4.69) is 0 Å². The van der Waals surface area contributed by atoms with Gasteiger partial charge >= 0.3 is 5.97 Å². The molecular formula is C10H13NO4. The van der Waals surface area contributed by atoms with E-state index in [4.69, 9.17) is 15.9 Å². The van der Waals surface area contributed by atoms with Crippen LogP contribution in [0.25, 0.3) is 0 Å². The molecule has 0 fully saturated rings. The first-order chi connectivity index (χ1) is 7.02. The zero-order valence-electron chi connectivity index (χ0n) is 8.10. The Morgan fingerprint density at radius 1 is 1.33 bits per heavy atom. The first-order valence-corrected chi connectivity index (χ1v) is 4.53.